The number of anilines is 1. The van der Waals surface area contributed by atoms with E-state index in [-0.39, 0.29) is 0 Å². The second-order valence-corrected chi connectivity index (χ2v) is 4.96. The molecule has 0 spiro atoms. The highest BCUT2D eigenvalue weighted by atomic mass is 16.3. The van der Waals surface area contributed by atoms with Crippen molar-refractivity contribution in [3.63, 3.8) is 0 Å². The normalized spacial score (nSPS) is 17.4. The van der Waals surface area contributed by atoms with Crippen molar-refractivity contribution in [2.24, 2.45) is 0 Å². The number of amides is 1. The summed E-state index contributed by atoms with van der Waals surface area (Å²) in [5.41, 5.74) is 1.94. The second-order valence-electron chi connectivity index (χ2n) is 4.96. The number of carbonyl (C=O) groups excluding carboxylic acids is 1. The van der Waals surface area contributed by atoms with Crippen molar-refractivity contribution in [1.29, 1.82) is 0 Å². The molecule has 1 aliphatic heterocycles. The van der Waals surface area contributed by atoms with Crippen LogP contribution in [0.25, 0.3) is 0 Å². The number of aryl methyl sites for hydroxylation is 1. The second kappa shape index (κ2) is 6.02. The van der Waals surface area contributed by atoms with Crippen LogP contribution < -0.4 is 4.90 Å². The molecule has 0 bridgehead atoms. The molecule has 1 saturated heterocycles. The highest BCUT2D eigenvalue weighted by molar-refractivity contribution is 5.51. The van der Waals surface area contributed by atoms with E-state index in [9.17, 15) is 9.90 Å². The Hall–Kier alpha value is -1.62. The molecule has 0 aliphatic carbocycles. The lowest BCUT2D eigenvalue weighted by Crippen LogP contribution is -2.46. The van der Waals surface area contributed by atoms with Crippen molar-refractivity contribution in [3.05, 3.63) is 23.4 Å². The van der Waals surface area contributed by atoms with Gasteiger partial charge >= 0.3 is 0 Å². The highest BCUT2D eigenvalue weighted by Gasteiger charge is 2.18. The van der Waals surface area contributed by atoms with E-state index in [1.165, 1.54) is 0 Å². The third-order valence-electron chi connectivity index (χ3n) is 3.61. The minimum atomic E-state index is -0.438. The summed E-state index contributed by atoms with van der Waals surface area (Å²) < 4.78 is 0. The van der Waals surface area contributed by atoms with Crippen molar-refractivity contribution < 1.29 is 9.90 Å². The van der Waals surface area contributed by atoms with Gasteiger partial charge in [0.1, 0.15) is 5.82 Å². The Balaban J connectivity index is 2.11. The average Bonchev–Trinajstić information content (AvgIpc) is 2.46. The summed E-state index contributed by atoms with van der Waals surface area (Å²) in [6, 6.07) is 2.00. The number of piperazine rings is 1. The molecule has 1 atom stereocenters. The van der Waals surface area contributed by atoms with Gasteiger partial charge in [-0.3, -0.25) is 4.79 Å². The molecule has 0 aromatic carbocycles. The number of aliphatic hydroxyl groups excluding tert-OH is 1. The Morgan fingerprint density at radius 1 is 1.42 bits per heavy atom. The van der Waals surface area contributed by atoms with Crippen molar-refractivity contribution in [2.75, 3.05) is 31.1 Å². The van der Waals surface area contributed by atoms with Crippen LogP contribution in [-0.2, 0) is 4.79 Å². The van der Waals surface area contributed by atoms with Gasteiger partial charge in [-0.15, -0.1) is 0 Å². The van der Waals surface area contributed by atoms with Crippen LogP contribution in [0.5, 0.6) is 0 Å². The standard InChI is InChI=1S/C14H21N3O2/c1-3-13(19)12-8-11(2)14(15-9-12)17-6-4-16(10-18)5-7-17/h8-10,13,19H,3-7H2,1-2H3. The van der Waals surface area contributed by atoms with Gasteiger partial charge < -0.3 is 14.9 Å². The van der Waals surface area contributed by atoms with Crippen LogP contribution in [0.1, 0.15) is 30.6 Å². The van der Waals surface area contributed by atoms with E-state index in [1.54, 1.807) is 11.1 Å². The fourth-order valence-electron chi connectivity index (χ4n) is 2.38. The van der Waals surface area contributed by atoms with E-state index >= 15 is 0 Å². The van der Waals surface area contributed by atoms with E-state index in [1.807, 2.05) is 19.9 Å². The highest BCUT2D eigenvalue weighted by Crippen LogP contribution is 2.23. The smallest absolute Gasteiger partial charge is 0.209 e. The van der Waals surface area contributed by atoms with E-state index in [2.05, 4.69) is 9.88 Å². The van der Waals surface area contributed by atoms with Crippen molar-refractivity contribution >= 4 is 12.2 Å². The Morgan fingerprint density at radius 3 is 2.63 bits per heavy atom. The van der Waals surface area contributed by atoms with Gasteiger partial charge in [0.2, 0.25) is 6.41 Å². The largest absolute Gasteiger partial charge is 0.388 e. The molecule has 0 radical (unpaired) electrons. The maximum absolute atomic E-state index is 10.7. The van der Waals surface area contributed by atoms with Crippen LogP contribution in [0.15, 0.2) is 12.3 Å². The zero-order valence-corrected chi connectivity index (χ0v) is 11.5. The number of aromatic nitrogens is 1. The zero-order chi connectivity index (χ0) is 13.8. The Labute approximate surface area is 113 Å². The molecular weight excluding hydrogens is 242 g/mol. The zero-order valence-electron chi connectivity index (χ0n) is 11.5. The lowest BCUT2D eigenvalue weighted by molar-refractivity contribution is -0.118. The van der Waals surface area contributed by atoms with Crippen molar-refractivity contribution in [1.82, 2.24) is 9.88 Å². The van der Waals surface area contributed by atoms with E-state index < -0.39 is 6.10 Å². The number of hydrogen-bond donors (Lipinski definition) is 1. The lowest BCUT2D eigenvalue weighted by atomic mass is 10.1. The molecular formula is C14H21N3O2. The molecule has 1 N–H and O–H groups in total. The number of carbonyl (C=O) groups is 1. The molecule has 0 saturated carbocycles. The topological polar surface area (TPSA) is 56.7 Å². The van der Waals surface area contributed by atoms with Crippen LogP contribution in [0.4, 0.5) is 5.82 Å². The third kappa shape index (κ3) is 3.04. The molecule has 19 heavy (non-hydrogen) atoms. The van der Waals surface area contributed by atoms with Crippen LogP contribution in [0.2, 0.25) is 0 Å². The summed E-state index contributed by atoms with van der Waals surface area (Å²) in [6.45, 7) is 7.06. The summed E-state index contributed by atoms with van der Waals surface area (Å²) in [6.07, 6.45) is 2.91. The number of rotatable bonds is 4. The van der Waals surface area contributed by atoms with Crippen LogP contribution in [0.3, 0.4) is 0 Å². The van der Waals surface area contributed by atoms with Crippen molar-refractivity contribution in [2.45, 2.75) is 26.4 Å². The molecule has 1 unspecified atom stereocenters. The van der Waals surface area contributed by atoms with Crippen LogP contribution in [-0.4, -0.2) is 47.6 Å². The molecule has 104 valence electrons. The minimum Gasteiger partial charge on any atom is -0.388 e. The van der Waals surface area contributed by atoms with Gasteiger partial charge in [0.05, 0.1) is 6.10 Å². The molecule has 1 aliphatic rings. The summed E-state index contributed by atoms with van der Waals surface area (Å²) in [5.74, 6) is 0.956. The molecule has 1 aromatic heterocycles. The van der Waals surface area contributed by atoms with Crippen molar-refractivity contribution in [3.8, 4) is 0 Å². The van der Waals surface area contributed by atoms with Crippen LogP contribution >= 0.6 is 0 Å². The summed E-state index contributed by atoms with van der Waals surface area (Å²) in [5, 5.41) is 9.82. The molecule has 5 heteroatoms. The average molecular weight is 263 g/mol. The molecule has 5 nitrogen and oxygen atoms in total. The van der Waals surface area contributed by atoms with Gasteiger partial charge in [0, 0.05) is 32.4 Å². The maximum atomic E-state index is 10.7. The predicted octanol–water partition coefficient (Wildman–Crippen LogP) is 1.11. The first-order chi connectivity index (χ1) is 9.15. The molecule has 1 aromatic rings. The van der Waals surface area contributed by atoms with E-state index in [0.717, 1.165) is 49.5 Å². The van der Waals surface area contributed by atoms with Crippen LogP contribution in [0, 0.1) is 6.92 Å². The first kappa shape index (κ1) is 13.8. The molecule has 1 fully saturated rings. The number of aliphatic hydroxyl groups is 1. The number of hydrogen-bond acceptors (Lipinski definition) is 4. The van der Waals surface area contributed by atoms with Gasteiger partial charge in [-0.05, 0) is 30.5 Å². The third-order valence-corrected chi connectivity index (χ3v) is 3.61. The van der Waals surface area contributed by atoms with Gasteiger partial charge in [-0.25, -0.2) is 4.98 Å². The molecule has 1 amide bonds. The first-order valence-electron chi connectivity index (χ1n) is 6.74. The Morgan fingerprint density at radius 2 is 2.11 bits per heavy atom. The lowest BCUT2D eigenvalue weighted by Gasteiger charge is -2.34. The minimum absolute atomic E-state index is 0.438. The van der Waals surface area contributed by atoms with Gasteiger partial charge in [-0.1, -0.05) is 6.92 Å². The summed E-state index contributed by atoms with van der Waals surface area (Å²) in [7, 11) is 0. The van der Waals surface area contributed by atoms with Gasteiger partial charge in [-0.2, -0.15) is 0 Å². The Bertz CT molecular complexity index is 442. The summed E-state index contributed by atoms with van der Waals surface area (Å²) in [4.78, 5) is 19.1. The van der Waals surface area contributed by atoms with E-state index in [0.29, 0.717) is 6.42 Å². The van der Waals surface area contributed by atoms with Gasteiger partial charge in [0.25, 0.3) is 0 Å². The fourth-order valence-corrected chi connectivity index (χ4v) is 2.38. The maximum Gasteiger partial charge on any atom is 0.209 e. The first-order valence-corrected chi connectivity index (χ1v) is 6.74. The number of pyridine rings is 1. The van der Waals surface area contributed by atoms with Gasteiger partial charge in [0.15, 0.2) is 0 Å². The monoisotopic (exact) mass is 263 g/mol. The summed E-state index contributed by atoms with van der Waals surface area (Å²) >= 11 is 0. The molecule has 2 rings (SSSR count). The Kier molecular flexibility index (Phi) is 4.37. The number of nitrogens with zero attached hydrogens (tertiary/aromatic N) is 3. The SMILES string of the molecule is CCC(O)c1cnc(N2CCN(C=O)CC2)c(C)c1. The van der Waals surface area contributed by atoms with E-state index in [4.69, 9.17) is 0 Å². The fraction of sp³-hybridized carbons (Fsp3) is 0.571. The predicted molar refractivity (Wildman–Crippen MR) is 74.1 cm³/mol. The molecule has 2 heterocycles. The quantitative estimate of drug-likeness (QED) is 0.827.